The highest BCUT2D eigenvalue weighted by molar-refractivity contribution is 5.13. The highest BCUT2D eigenvalue weighted by Gasteiger charge is 2.42. The lowest BCUT2D eigenvalue weighted by molar-refractivity contribution is -0.00782. The van der Waals surface area contributed by atoms with Gasteiger partial charge in [0.1, 0.15) is 0 Å². The maximum absolute atomic E-state index is 10.1. The molecule has 0 saturated heterocycles. The van der Waals surface area contributed by atoms with Crippen molar-refractivity contribution < 1.29 is 10.2 Å². The normalized spacial score (nSPS) is 39.4. The van der Waals surface area contributed by atoms with Gasteiger partial charge in [-0.3, -0.25) is 0 Å². The second-order valence-corrected chi connectivity index (χ2v) is 5.39. The molecular weight excluding hydrogens is 200 g/mol. The van der Waals surface area contributed by atoms with Gasteiger partial charge in [-0.05, 0) is 43.4 Å². The van der Waals surface area contributed by atoms with Gasteiger partial charge >= 0.3 is 0 Å². The summed E-state index contributed by atoms with van der Waals surface area (Å²) in [6, 6.07) is 0. The Hall–Kier alpha value is -0.600. The van der Waals surface area contributed by atoms with E-state index < -0.39 is 0 Å². The second-order valence-electron chi connectivity index (χ2n) is 5.39. The molecule has 1 fully saturated rings. The third kappa shape index (κ3) is 2.55. The second kappa shape index (κ2) is 5.15. The van der Waals surface area contributed by atoms with Crippen LogP contribution in [0.4, 0.5) is 0 Å². The van der Waals surface area contributed by atoms with Crippen molar-refractivity contribution >= 4 is 0 Å². The molecule has 0 radical (unpaired) electrons. The van der Waals surface area contributed by atoms with Crippen LogP contribution in [0.5, 0.6) is 0 Å². The van der Waals surface area contributed by atoms with Gasteiger partial charge in [0.25, 0.3) is 0 Å². The van der Waals surface area contributed by atoms with E-state index in [9.17, 15) is 5.11 Å². The van der Waals surface area contributed by atoms with Crippen molar-refractivity contribution in [3.05, 3.63) is 24.8 Å². The Labute approximate surface area is 98.7 Å². The molecule has 1 saturated carbocycles. The number of allylic oxidation sites excluding steroid dienone is 2. The molecule has 92 valence electrons. The van der Waals surface area contributed by atoms with Gasteiger partial charge in [0.05, 0.1) is 6.10 Å². The predicted octanol–water partition coefficient (Wildman–Crippen LogP) is 2.52. The Morgan fingerprint density at radius 3 is 2.62 bits per heavy atom. The van der Waals surface area contributed by atoms with Crippen LogP contribution < -0.4 is 0 Å². The van der Waals surface area contributed by atoms with Gasteiger partial charge in [-0.1, -0.05) is 25.2 Å². The molecule has 0 spiro atoms. The van der Waals surface area contributed by atoms with Crippen molar-refractivity contribution in [2.24, 2.45) is 17.3 Å². The highest BCUT2D eigenvalue weighted by Crippen LogP contribution is 2.47. The molecule has 2 heteroatoms. The van der Waals surface area contributed by atoms with Gasteiger partial charge in [0.2, 0.25) is 0 Å². The number of hydrogen-bond donors (Lipinski definition) is 2. The largest absolute Gasteiger partial charge is 0.396 e. The van der Waals surface area contributed by atoms with Gasteiger partial charge in [-0.25, -0.2) is 0 Å². The van der Waals surface area contributed by atoms with E-state index in [0.29, 0.717) is 12.3 Å². The van der Waals surface area contributed by atoms with Crippen LogP contribution in [-0.4, -0.2) is 22.9 Å². The lowest BCUT2D eigenvalue weighted by Crippen LogP contribution is -2.41. The Bertz CT molecular complexity index is 272. The molecule has 0 unspecified atom stereocenters. The fourth-order valence-electron chi connectivity index (χ4n) is 2.95. The molecule has 0 aromatic rings. The van der Waals surface area contributed by atoms with E-state index in [1.165, 1.54) is 0 Å². The van der Waals surface area contributed by atoms with E-state index in [0.717, 1.165) is 18.4 Å². The topological polar surface area (TPSA) is 40.5 Å². The summed E-state index contributed by atoms with van der Waals surface area (Å²) in [7, 11) is 0. The minimum absolute atomic E-state index is 0.0583. The Kier molecular flexibility index (Phi) is 4.34. The molecule has 4 atom stereocenters. The van der Waals surface area contributed by atoms with E-state index in [-0.39, 0.29) is 24.0 Å². The SMILES string of the molecule is C=C[C@@]1(C)C[C@H](O)[C@H](CCO)C[C@@H]1C(=C)C. The van der Waals surface area contributed by atoms with Crippen molar-refractivity contribution in [1.82, 2.24) is 0 Å². The predicted molar refractivity (Wildman–Crippen MR) is 67.0 cm³/mol. The summed E-state index contributed by atoms with van der Waals surface area (Å²) in [4.78, 5) is 0. The Morgan fingerprint density at radius 1 is 1.56 bits per heavy atom. The average Bonchev–Trinajstić information content (AvgIpc) is 2.22. The molecule has 1 aliphatic rings. The Morgan fingerprint density at radius 2 is 2.19 bits per heavy atom. The lowest BCUT2D eigenvalue weighted by Gasteiger charge is -2.45. The summed E-state index contributed by atoms with van der Waals surface area (Å²) in [6.45, 7) is 12.3. The first kappa shape index (κ1) is 13.5. The highest BCUT2D eigenvalue weighted by atomic mass is 16.3. The van der Waals surface area contributed by atoms with Gasteiger partial charge < -0.3 is 10.2 Å². The van der Waals surface area contributed by atoms with Crippen molar-refractivity contribution in [1.29, 1.82) is 0 Å². The first-order chi connectivity index (χ1) is 7.44. The summed E-state index contributed by atoms with van der Waals surface area (Å²) < 4.78 is 0. The lowest BCUT2D eigenvalue weighted by atomic mass is 9.61. The number of rotatable bonds is 4. The smallest absolute Gasteiger partial charge is 0.0577 e. The van der Waals surface area contributed by atoms with Crippen molar-refractivity contribution in [2.75, 3.05) is 6.61 Å². The van der Waals surface area contributed by atoms with Gasteiger partial charge in [-0.2, -0.15) is 0 Å². The first-order valence-corrected chi connectivity index (χ1v) is 6.02. The van der Waals surface area contributed by atoms with E-state index >= 15 is 0 Å². The minimum Gasteiger partial charge on any atom is -0.396 e. The van der Waals surface area contributed by atoms with Crippen LogP contribution in [0.15, 0.2) is 24.8 Å². The van der Waals surface area contributed by atoms with Gasteiger partial charge in [-0.15, -0.1) is 6.58 Å². The number of hydrogen-bond acceptors (Lipinski definition) is 2. The zero-order valence-electron chi connectivity index (χ0n) is 10.4. The summed E-state index contributed by atoms with van der Waals surface area (Å²) >= 11 is 0. The molecule has 0 aromatic carbocycles. The monoisotopic (exact) mass is 224 g/mol. The zero-order valence-corrected chi connectivity index (χ0v) is 10.4. The zero-order chi connectivity index (χ0) is 12.3. The van der Waals surface area contributed by atoms with Gasteiger partial charge in [0, 0.05) is 6.61 Å². The van der Waals surface area contributed by atoms with E-state index in [4.69, 9.17) is 5.11 Å². The van der Waals surface area contributed by atoms with E-state index in [1.807, 2.05) is 13.0 Å². The molecular formula is C14H24O2. The van der Waals surface area contributed by atoms with E-state index in [2.05, 4.69) is 20.1 Å². The summed E-state index contributed by atoms with van der Waals surface area (Å²) in [5.41, 5.74) is 1.09. The van der Waals surface area contributed by atoms with Crippen molar-refractivity contribution in [2.45, 2.75) is 39.2 Å². The number of aliphatic hydroxyl groups is 2. The first-order valence-electron chi connectivity index (χ1n) is 6.02. The molecule has 2 nitrogen and oxygen atoms in total. The quantitative estimate of drug-likeness (QED) is 0.720. The summed E-state index contributed by atoms with van der Waals surface area (Å²) in [5.74, 6) is 0.560. The molecule has 1 aliphatic carbocycles. The van der Waals surface area contributed by atoms with Crippen LogP contribution in [0.1, 0.15) is 33.1 Å². The van der Waals surface area contributed by atoms with Crippen LogP contribution in [-0.2, 0) is 0 Å². The van der Waals surface area contributed by atoms with Crippen LogP contribution in [0.3, 0.4) is 0 Å². The fourth-order valence-corrected chi connectivity index (χ4v) is 2.95. The van der Waals surface area contributed by atoms with Crippen LogP contribution >= 0.6 is 0 Å². The third-order valence-electron chi connectivity index (χ3n) is 4.09. The molecule has 0 bridgehead atoms. The minimum atomic E-state index is -0.328. The molecule has 1 rings (SSSR count). The molecule has 2 N–H and O–H groups in total. The van der Waals surface area contributed by atoms with E-state index in [1.54, 1.807) is 0 Å². The molecule has 16 heavy (non-hydrogen) atoms. The molecule has 0 aliphatic heterocycles. The van der Waals surface area contributed by atoms with Crippen molar-refractivity contribution in [3.8, 4) is 0 Å². The molecule has 0 aromatic heterocycles. The maximum Gasteiger partial charge on any atom is 0.0577 e. The fraction of sp³-hybridized carbons (Fsp3) is 0.714. The summed E-state index contributed by atoms with van der Waals surface area (Å²) in [5, 5.41) is 19.1. The summed E-state index contributed by atoms with van der Waals surface area (Å²) in [6.07, 6.45) is 3.92. The van der Waals surface area contributed by atoms with Crippen LogP contribution in [0.2, 0.25) is 0 Å². The molecule has 0 amide bonds. The Balaban J connectivity index is 2.86. The van der Waals surface area contributed by atoms with Gasteiger partial charge in [0.15, 0.2) is 0 Å². The van der Waals surface area contributed by atoms with Crippen LogP contribution in [0.25, 0.3) is 0 Å². The average molecular weight is 224 g/mol. The number of aliphatic hydroxyl groups excluding tert-OH is 2. The van der Waals surface area contributed by atoms with Crippen molar-refractivity contribution in [3.63, 3.8) is 0 Å². The maximum atomic E-state index is 10.1. The van der Waals surface area contributed by atoms with Crippen LogP contribution in [0, 0.1) is 17.3 Å². The standard InChI is InChI=1S/C14H24O2/c1-5-14(4)9-13(16)11(6-7-15)8-12(14)10(2)3/h5,11-13,15-16H,1-2,6-9H2,3-4H3/t11-,12-,13+,14+/m1/s1. The third-order valence-corrected chi connectivity index (χ3v) is 4.09. The molecule has 0 heterocycles.